The van der Waals surface area contributed by atoms with E-state index in [0.29, 0.717) is 39.7 Å². The van der Waals surface area contributed by atoms with E-state index in [-0.39, 0.29) is 19.4 Å². The van der Waals surface area contributed by atoms with Gasteiger partial charge in [0.25, 0.3) is 0 Å². The molecule has 1 aliphatic carbocycles. The third-order valence-electron chi connectivity index (χ3n) is 7.12. The number of hydrogen-bond acceptors (Lipinski definition) is 10. The first kappa shape index (κ1) is 27.4. The summed E-state index contributed by atoms with van der Waals surface area (Å²) in [6, 6.07) is 8.75. The van der Waals surface area contributed by atoms with Gasteiger partial charge >= 0.3 is 6.09 Å². The number of fused-ring (bicyclic) bond motifs is 1. The average Bonchev–Trinajstić information content (AvgIpc) is 3.51. The summed E-state index contributed by atoms with van der Waals surface area (Å²) < 4.78 is 10.2. The Labute approximate surface area is 218 Å². The third kappa shape index (κ3) is 5.18. The molecule has 0 saturated carbocycles. The minimum atomic E-state index is -1.16. The van der Waals surface area contributed by atoms with E-state index in [1.807, 2.05) is 6.07 Å². The summed E-state index contributed by atoms with van der Waals surface area (Å²) in [6.07, 6.45) is 1.54. The number of amides is 3. The van der Waals surface area contributed by atoms with Crippen LogP contribution >= 0.6 is 0 Å². The number of ether oxygens (including phenoxy) is 1. The smallest absolute Gasteiger partial charge is 0.423 e. The van der Waals surface area contributed by atoms with Gasteiger partial charge in [-0.25, -0.2) is 4.79 Å². The molecule has 0 aromatic carbocycles. The van der Waals surface area contributed by atoms with Gasteiger partial charge in [-0.1, -0.05) is 6.07 Å². The topological polar surface area (TPSA) is 171 Å². The van der Waals surface area contributed by atoms with Crippen LogP contribution in [0.2, 0.25) is 0 Å². The number of methoxy groups -OCH3 is 1. The van der Waals surface area contributed by atoms with Crippen LogP contribution in [0, 0.1) is 17.8 Å². The Hall–Kier alpha value is -3.64. The van der Waals surface area contributed by atoms with E-state index < -0.39 is 55.0 Å². The predicted octanol–water partition coefficient (Wildman–Crippen LogP) is 1.52. The van der Waals surface area contributed by atoms with Crippen molar-refractivity contribution >= 4 is 29.6 Å². The Morgan fingerprint density at radius 1 is 1.18 bits per heavy atom. The first-order valence-electron chi connectivity index (χ1n) is 12.2. The maximum atomic E-state index is 13.0. The molecular formula is C27H30N2O9. The highest BCUT2D eigenvalue weighted by Gasteiger charge is 2.57. The molecule has 4 rings (SSSR count). The highest BCUT2D eigenvalue weighted by molar-refractivity contribution is 6.16. The molecule has 1 fully saturated rings. The van der Waals surface area contributed by atoms with Crippen molar-refractivity contribution in [2.45, 2.75) is 32.0 Å². The van der Waals surface area contributed by atoms with Gasteiger partial charge in [-0.2, -0.15) is 4.90 Å². The number of hydrogen-bond donors (Lipinski definition) is 4. The normalized spacial score (nSPS) is 22.6. The van der Waals surface area contributed by atoms with Gasteiger partial charge in [0, 0.05) is 12.1 Å². The van der Waals surface area contributed by atoms with Crippen LogP contribution in [-0.4, -0.2) is 74.6 Å². The Morgan fingerprint density at radius 2 is 1.97 bits per heavy atom. The molecule has 2 aliphatic rings. The molecule has 3 amide bonds. The SMILES string of the molecule is COC(=O)N1C(=O)[C@@H]2[C@@H](CC(CO)=C([C@H](O)CC/C(=C/c3ccc(CO)o3)c3ccccn3)[C@@H]2CO)C1=O. The highest BCUT2D eigenvalue weighted by Crippen LogP contribution is 2.46. The second-order valence-corrected chi connectivity index (χ2v) is 9.23. The first-order chi connectivity index (χ1) is 18.3. The monoisotopic (exact) mass is 526 g/mol. The van der Waals surface area contributed by atoms with E-state index in [1.54, 1.807) is 36.5 Å². The van der Waals surface area contributed by atoms with Crippen molar-refractivity contribution in [1.29, 1.82) is 0 Å². The first-order valence-corrected chi connectivity index (χ1v) is 12.2. The standard InChI is InChI=1S/C27H30N2O9/c1-37-27(36)29-25(34)19-11-16(12-30)23(20(14-32)24(19)26(29)35)22(33)8-5-15(21-4-2-3-9-28-21)10-17-6-7-18(13-31)38-17/h2-4,6-7,9-10,19-20,22,24,30-33H,5,8,11-14H2,1H3/b15-10-/t19-,20+,22-,24-/m1/s1. The van der Waals surface area contributed by atoms with Crippen LogP contribution in [0.4, 0.5) is 4.79 Å². The Bertz CT molecular complexity index is 1250. The number of aliphatic hydroxyl groups excluding tert-OH is 4. The van der Waals surface area contributed by atoms with Crippen LogP contribution in [-0.2, 0) is 20.9 Å². The lowest BCUT2D eigenvalue weighted by molar-refractivity contribution is -0.137. The van der Waals surface area contributed by atoms with Crippen molar-refractivity contribution in [1.82, 2.24) is 9.88 Å². The van der Waals surface area contributed by atoms with Crippen molar-refractivity contribution in [3.63, 3.8) is 0 Å². The molecule has 4 N–H and O–H groups in total. The number of allylic oxidation sites excluding steroid dienone is 1. The van der Waals surface area contributed by atoms with Crippen molar-refractivity contribution < 1.29 is 44.0 Å². The second-order valence-electron chi connectivity index (χ2n) is 9.23. The zero-order valence-electron chi connectivity index (χ0n) is 20.8. The number of aliphatic hydroxyl groups is 4. The van der Waals surface area contributed by atoms with E-state index >= 15 is 0 Å². The van der Waals surface area contributed by atoms with Gasteiger partial charge in [0.05, 0.1) is 44.0 Å². The van der Waals surface area contributed by atoms with Crippen LogP contribution < -0.4 is 0 Å². The maximum Gasteiger partial charge on any atom is 0.423 e. The lowest BCUT2D eigenvalue weighted by Crippen LogP contribution is -2.40. The number of rotatable bonds is 9. The van der Waals surface area contributed by atoms with E-state index in [1.165, 1.54) is 0 Å². The average molecular weight is 527 g/mol. The van der Waals surface area contributed by atoms with Gasteiger partial charge < -0.3 is 29.6 Å². The molecule has 202 valence electrons. The number of furan rings is 1. The molecule has 4 atom stereocenters. The van der Waals surface area contributed by atoms with E-state index in [2.05, 4.69) is 9.72 Å². The van der Waals surface area contributed by atoms with Gasteiger partial charge in [-0.3, -0.25) is 14.6 Å². The predicted molar refractivity (Wildman–Crippen MR) is 133 cm³/mol. The molecule has 38 heavy (non-hydrogen) atoms. The number of carbonyl (C=O) groups excluding carboxylic acids is 3. The lowest BCUT2D eigenvalue weighted by Gasteiger charge is -2.36. The zero-order chi connectivity index (χ0) is 27.4. The Kier molecular flexibility index (Phi) is 8.52. The van der Waals surface area contributed by atoms with Crippen LogP contribution in [0.25, 0.3) is 11.6 Å². The van der Waals surface area contributed by atoms with Gasteiger partial charge in [-0.15, -0.1) is 0 Å². The van der Waals surface area contributed by atoms with Crippen LogP contribution in [0.3, 0.4) is 0 Å². The molecule has 2 aromatic rings. The summed E-state index contributed by atoms with van der Waals surface area (Å²) in [5, 5.41) is 40.9. The fourth-order valence-electron chi connectivity index (χ4n) is 5.38. The van der Waals surface area contributed by atoms with Crippen molar-refractivity contribution in [2.24, 2.45) is 17.8 Å². The van der Waals surface area contributed by atoms with E-state index in [4.69, 9.17) is 4.42 Å². The molecule has 11 nitrogen and oxygen atoms in total. The fraction of sp³-hybridized carbons (Fsp3) is 0.407. The molecule has 1 aliphatic heterocycles. The van der Waals surface area contributed by atoms with Gasteiger partial charge in [-0.05, 0) is 66.3 Å². The number of imide groups is 3. The molecular weight excluding hydrogens is 496 g/mol. The molecule has 3 heterocycles. The van der Waals surface area contributed by atoms with Gasteiger partial charge in [0.1, 0.15) is 18.1 Å². The molecule has 0 unspecified atom stereocenters. The van der Waals surface area contributed by atoms with Crippen molar-refractivity contribution in [3.05, 3.63) is 64.9 Å². The van der Waals surface area contributed by atoms with E-state index in [9.17, 15) is 34.8 Å². The number of likely N-dealkylation sites (tertiary alicyclic amines) is 1. The highest BCUT2D eigenvalue weighted by atomic mass is 16.5. The quantitative estimate of drug-likeness (QED) is 0.277. The summed E-state index contributed by atoms with van der Waals surface area (Å²) in [6.45, 7) is -1.29. The summed E-state index contributed by atoms with van der Waals surface area (Å²) in [5.41, 5.74) is 2.02. The molecule has 0 spiro atoms. The van der Waals surface area contributed by atoms with Crippen LogP contribution in [0.5, 0.6) is 0 Å². The Balaban J connectivity index is 1.61. The van der Waals surface area contributed by atoms with Crippen molar-refractivity contribution in [3.8, 4) is 0 Å². The zero-order valence-corrected chi connectivity index (χ0v) is 20.8. The minimum Gasteiger partial charge on any atom is -0.459 e. The lowest BCUT2D eigenvalue weighted by atomic mass is 9.68. The third-order valence-corrected chi connectivity index (χ3v) is 7.12. The number of nitrogens with zero attached hydrogens (tertiary/aromatic N) is 2. The maximum absolute atomic E-state index is 13.0. The number of aromatic nitrogens is 1. The molecule has 11 heteroatoms. The second kappa shape index (κ2) is 11.8. The Morgan fingerprint density at radius 3 is 2.58 bits per heavy atom. The molecule has 1 saturated heterocycles. The number of pyridine rings is 1. The summed E-state index contributed by atoms with van der Waals surface area (Å²) in [7, 11) is 1.06. The van der Waals surface area contributed by atoms with Crippen LogP contribution in [0.1, 0.15) is 36.5 Å². The summed E-state index contributed by atoms with van der Waals surface area (Å²) in [4.78, 5) is 42.8. The van der Waals surface area contributed by atoms with E-state index in [0.717, 1.165) is 12.7 Å². The van der Waals surface area contributed by atoms with Crippen LogP contribution in [0.15, 0.2) is 52.1 Å². The summed E-state index contributed by atoms with van der Waals surface area (Å²) in [5.74, 6) is -3.61. The fourth-order valence-corrected chi connectivity index (χ4v) is 5.38. The molecule has 0 radical (unpaired) electrons. The van der Waals surface area contributed by atoms with Gasteiger partial charge in [0.2, 0.25) is 11.8 Å². The summed E-state index contributed by atoms with van der Waals surface area (Å²) >= 11 is 0. The largest absolute Gasteiger partial charge is 0.459 e. The molecule has 0 bridgehead atoms. The minimum absolute atomic E-state index is 0.0264. The molecule has 2 aromatic heterocycles. The number of carbonyl (C=O) groups is 3. The van der Waals surface area contributed by atoms with Crippen molar-refractivity contribution in [2.75, 3.05) is 20.3 Å². The van der Waals surface area contributed by atoms with Gasteiger partial charge in [0.15, 0.2) is 0 Å².